The molecule has 0 radical (unpaired) electrons. The molecule has 2 N–H and O–H groups in total. The molecule has 2 aromatic rings. The van der Waals surface area contributed by atoms with Crippen molar-refractivity contribution in [3.8, 4) is 0 Å². The highest BCUT2D eigenvalue weighted by Gasteiger charge is 2.28. The number of rotatable bonds is 7. The Morgan fingerprint density at radius 2 is 1.94 bits per heavy atom. The van der Waals surface area contributed by atoms with Gasteiger partial charge in [0, 0.05) is 43.4 Å². The third kappa shape index (κ3) is 6.49. The van der Waals surface area contributed by atoms with Gasteiger partial charge < -0.3 is 20.3 Å². The molecule has 4 rings (SSSR count). The number of halogens is 1. The van der Waals surface area contributed by atoms with Crippen LogP contribution in [0.2, 0.25) is 5.02 Å². The second-order valence-corrected chi connectivity index (χ2v) is 9.67. The highest BCUT2D eigenvalue weighted by molar-refractivity contribution is 7.15. The molecule has 1 aromatic carbocycles. The molecule has 2 aliphatic rings. The first-order valence-electron chi connectivity index (χ1n) is 11.1. The predicted molar refractivity (Wildman–Crippen MR) is 125 cm³/mol. The van der Waals surface area contributed by atoms with Crippen LogP contribution in [-0.2, 0) is 9.53 Å². The number of carbonyl (C=O) groups excluding carboxylic acids is 3. The Balaban J connectivity index is 1.23. The molecule has 3 amide bonds. The number of aromatic nitrogens is 2. The monoisotopic (exact) mass is 491 g/mol. The SMILES string of the molecule is O=C(CC1CCN(C(=O)c2nnc(C(=O)Nc3cccc(Cl)c3)s2)CC1)NCC1CCCO1. The molecule has 1 atom stereocenters. The maximum Gasteiger partial charge on any atom is 0.286 e. The highest BCUT2D eigenvalue weighted by atomic mass is 35.5. The average Bonchev–Trinajstić information content (AvgIpc) is 3.50. The van der Waals surface area contributed by atoms with Crippen molar-refractivity contribution in [3.63, 3.8) is 0 Å². The van der Waals surface area contributed by atoms with Crippen LogP contribution < -0.4 is 10.6 Å². The van der Waals surface area contributed by atoms with Crippen molar-refractivity contribution < 1.29 is 19.1 Å². The predicted octanol–water partition coefficient (Wildman–Crippen LogP) is 2.98. The standard InChI is InChI=1S/C22H26ClN5O4S/c23-15-3-1-4-16(12-15)25-19(30)20-26-27-21(33-20)22(31)28-8-6-14(7-9-28)11-18(29)24-13-17-5-2-10-32-17/h1,3-4,12,14,17H,2,5-11,13H2,(H,24,29)(H,25,30). The van der Waals surface area contributed by atoms with Gasteiger partial charge in [0.15, 0.2) is 0 Å². The summed E-state index contributed by atoms with van der Waals surface area (Å²) in [5.41, 5.74) is 0.539. The first kappa shape index (κ1) is 23.6. The van der Waals surface area contributed by atoms with Gasteiger partial charge in [-0.3, -0.25) is 14.4 Å². The van der Waals surface area contributed by atoms with Crippen molar-refractivity contribution in [2.75, 3.05) is 31.6 Å². The number of benzene rings is 1. The van der Waals surface area contributed by atoms with Crippen molar-refractivity contribution in [2.24, 2.45) is 5.92 Å². The number of nitrogens with zero attached hydrogens (tertiary/aromatic N) is 3. The van der Waals surface area contributed by atoms with E-state index in [0.717, 1.165) is 43.6 Å². The summed E-state index contributed by atoms with van der Waals surface area (Å²) in [6.07, 6.45) is 4.14. The van der Waals surface area contributed by atoms with Crippen LogP contribution in [0.15, 0.2) is 24.3 Å². The highest BCUT2D eigenvalue weighted by Crippen LogP contribution is 2.23. The van der Waals surface area contributed by atoms with Gasteiger partial charge in [-0.2, -0.15) is 0 Å². The normalized spacial score (nSPS) is 18.8. The molecule has 176 valence electrons. The molecule has 0 bridgehead atoms. The van der Waals surface area contributed by atoms with Crippen molar-refractivity contribution in [3.05, 3.63) is 39.3 Å². The van der Waals surface area contributed by atoms with E-state index >= 15 is 0 Å². The second-order valence-electron chi connectivity index (χ2n) is 8.26. The van der Waals surface area contributed by atoms with Gasteiger partial charge in [0.1, 0.15) is 0 Å². The number of anilines is 1. The maximum atomic E-state index is 12.8. The van der Waals surface area contributed by atoms with Crippen LogP contribution in [0, 0.1) is 5.92 Å². The number of ether oxygens (including phenoxy) is 1. The minimum absolute atomic E-state index is 0.0368. The third-order valence-electron chi connectivity index (χ3n) is 5.81. The molecular formula is C22H26ClN5O4S. The molecule has 1 unspecified atom stereocenters. The van der Waals surface area contributed by atoms with Gasteiger partial charge in [-0.1, -0.05) is 29.0 Å². The van der Waals surface area contributed by atoms with Gasteiger partial charge in [0.2, 0.25) is 15.9 Å². The van der Waals surface area contributed by atoms with Crippen LogP contribution in [0.5, 0.6) is 0 Å². The van der Waals surface area contributed by atoms with Crippen molar-refractivity contribution in [2.45, 2.75) is 38.2 Å². The summed E-state index contributed by atoms with van der Waals surface area (Å²) < 4.78 is 5.53. The van der Waals surface area contributed by atoms with Gasteiger partial charge in [-0.15, -0.1) is 10.2 Å². The topological polar surface area (TPSA) is 114 Å². The molecule has 3 heterocycles. The van der Waals surface area contributed by atoms with E-state index in [9.17, 15) is 14.4 Å². The molecule has 1 aromatic heterocycles. The zero-order valence-electron chi connectivity index (χ0n) is 18.1. The lowest BCUT2D eigenvalue weighted by molar-refractivity contribution is -0.122. The summed E-state index contributed by atoms with van der Waals surface area (Å²) in [6, 6.07) is 6.77. The first-order chi connectivity index (χ1) is 16.0. The number of carbonyl (C=O) groups is 3. The van der Waals surface area contributed by atoms with Crippen molar-refractivity contribution in [1.29, 1.82) is 0 Å². The van der Waals surface area contributed by atoms with E-state index in [1.165, 1.54) is 0 Å². The van der Waals surface area contributed by atoms with Crippen LogP contribution in [0.3, 0.4) is 0 Å². The summed E-state index contributed by atoms with van der Waals surface area (Å²) in [5.74, 6) is -0.404. The van der Waals surface area contributed by atoms with Gasteiger partial charge >= 0.3 is 0 Å². The van der Waals surface area contributed by atoms with Crippen LogP contribution in [0.1, 0.15) is 51.7 Å². The molecule has 9 nitrogen and oxygen atoms in total. The van der Waals surface area contributed by atoms with Gasteiger partial charge in [-0.25, -0.2) is 0 Å². The number of likely N-dealkylation sites (tertiary alicyclic amines) is 1. The Labute approximate surface area is 200 Å². The van der Waals surface area contributed by atoms with Crippen LogP contribution in [-0.4, -0.2) is 65.2 Å². The number of nitrogens with one attached hydrogen (secondary N) is 2. The van der Waals surface area contributed by atoms with E-state index in [1.807, 2.05) is 0 Å². The zero-order valence-corrected chi connectivity index (χ0v) is 19.7. The molecule has 33 heavy (non-hydrogen) atoms. The molecule has 2 saturated heterocycles. The van der Waals surface area contributed by atoms with Crippen molar-refractivity contribution in [1.82, 2.24) is 20.4 Å². The van der Waals surface area contributed by atoms with Crippen molar-refractivity contribution >= 4 is 46.3 Å². The smallest absolute Gasteiger partial charge is 0.286 e. The molecule has 0 aliphatic carbocycles. The zero-order chi connectivity index (χ0) is 23.2. The quantitative estimate of drug-likeness (QED) is 0.615. The van der Waals surface area contributed by atoms with E-state index in [1.54, 1.807) is 29.2 Å². The Morgan fingerprint density at radius 1 is 1.15 bits per heavy atom. The van der Waals surface area contributed by atoms with E-state index in [0.29, 0.717) is 36.8 Å². The lowest BCUT2D eigenvalue weighted by Crippen LogP contribution is -2.40. The Morgan fingerprint density at radius 3 is 2.67 bits per heavy atom. The van der Waals surface area contributed by atoms with Crippen LogP contribution in [0.25, 0.3) is 0 Å². The molecule has 0 spiro atoms. The van der Waals surface area contributed by atoms with Gasteiger partial charge in [-0.05, 0) is 49.8 Å². The number of hydrogen-bond donors (Lipinski definition) is 2. The summed E-state index contributed by atoms with van der Waals surface area (Å²) >= 11 is 6.89. The Hall–Kier alpha value is -2.56. The summed E-state index contributed by atoms with van der Waals surface area (Å²) in [4.78, 5) is 39.1. The van der Waals surface area contributed by atoms with Gasteiger partial charge in [0.25, 0.3) is 11.8 Å². The maximum absolute atomic E-state index is 12.8. The Kier molecular flexibility index (Phi) is 7.89. The summed E-state index contributed by atoms with van der Waals surface area (Å²) in [6.45, 7) is 2.44. The lowest BCUT2D eigenvalue weighted by Gasteiger charge is -2.31. The van der Waals surface area contributed by atoms with E-state index in [2.05, 4.69) is 20.8 Å². The van der Waals surface area contributed by atoms with Crippen LogP contribution >= 0.6 is 22.9 Å². The fraction of sp³-hybridized carbons (Fsp3) is 0.500. The first-order valence-corrected chi connectivity index (χ1v) is 12.3. The number of amides is 3. The minimum atomic E-state index is -0.443. The summed E-state index contributed by atoms with van der Waals surface area (Å²) in [7, 11) is 0. The molecule has 2 aliphatic heterocycles. The van der Waals surface area contributed by atoms with E-state index < -0.39 is 5.91 Å². The third-order valence-corrected chi connectivity index (χ3v) is 6.96. The average molecular weight is 492 g/mol. The number of hydrogen-bond acceptors (Lipinski definition) is 7. The second kappa shape index (κ2) is 11.0. The molecule has 2 fully saturated rings. The van der Waals surface area contributed by atoms with Crippen LogP contribution in [0.4, 0.5) is 5.69 Å². The van der Waals surface area contributed by atoms with E-state index in [4.69, 9.17) is 16.3 Å². The summed E-state index contributed by atoms with van der Waals surface area (Å²) in [5, 5.41) is 14.2. The fourth-order valence-corrected chi connectivity index (χ4v) is 4.89. The largest absolute Gasteiger partial charge is 0.376 e. The Bertz CT molecular complexity index is 1000. The number of piperidine rings is 1. The van der Waals surface area contributed by atoms with Gasteiger partial charge in [0.05, 0.1) is 6.10 Å². The lowest BCUT2D eigenvalue weighted by atomic mass is 9.93. The fourth-order valence-electron chi connectivity index (χ4n) is 3.99. The molecule has 0 saturated carbocycles. The molecular weight excluding hydrogens is 466 g/mol. The van der Waals surface area contributed by atoms with E-state index in [-0.39, 0.29) is 33.9 Å². The molecule has 11 heteroatoms. The minimum Gasteiger partial charge on any atom is -0.376 e.